The molecule has 150 valence electrons. The van der Waals surface area contributed by atoms with Crippen LogP contribution in [-0.2, 0) is 29.6 Å². The number of nitrogens with two attached hydrogens (primary N) is 2. The number of rotatable bonds is 6. The molecule has 12 heteroatoms. The third-order valence-electron chi connectivity index (χ3n) is 3.53. The average molecular weight is 427 g/mol. The molecule has 5 N–H and O–H groups in total. The highest BCUT2D eigenvalue weighted by Crippen LogP contribution is 2.19. The topological polar surface area (TPSA) is 176 Å². The number of carbonyl (C=O) groups excluding carboxylic acids is 2. The quantitative estimate of drug-likeness (QED) is 0.547. The van der Waals surface area contributed by atoms with Gasteiger partial charge in [-0.25, -0.2) is 31.9 Å². The maximum Gasteiger partial charge on any atom is 0.338 e. The molecule has 2 aromatic carbocycles. The standard InChI is InChI=1S/C16H17N3O7S2/c1-10-2-5-12(8-14(10)28(18,24)25)19-15(20)9-26-16(21)11-3-6-13(7-4-11)27(17,22)23/h2-8H,9H2,1H3,(H,19,20)(H2,17,22,23)(H2,18,24,25). The highest BCUT2D eigenvalue weighted by atomic mass is 32.2. The highest BCUT2D eigenvalue weighted by molar-refractivity contribution is 7.89. The van der Waals surface area contributed by atoms with Gasteiger partial charge in [-0.05, 0) is 48.9 Å². The molecule has 0 unspecified atom stereocenters. The van der Waals surface area contributed by atoms with Crippen molar-refractivity contribution < 1.29 is 31.2 Å². The van der Waals surface area contributed by atoms with Gasteiger partial charge in [-0.2, -0.15) is 0 Å². The Morgan fingerprint density at radius 2 is 1.57 bits per heavy atom. The summed E-state index contributed by atoms with van der Waals surface area (Å²) < 4.78 is 50.2. The van der Waals surface area contributed by atoms with Crippen LogP contribution in [-0.4, -0.2) is 35.3 Å². The molecule has 1 amide bonds. The molecule has 0 aliphatic rings. The first-order valence-corrected chi connectivity index (χ1v) is 10.7. The maximum absolute atomic E-state index is 11.9. The SMILES string of the molecule is Cc1ccc(NC(=O)COC(=O)c2ccc(S(N)(=O)=O)cc2)cc1S(N)(=O)=O. The Bertz CT molecular complexity index is 1130. The number of nitrogens with one attached hydrogen (secondary N) is 1. The first-order chi connectivity index (χ1) is 12.9. The van der Waals surface area contributed by atoms with Gasteiger partial charge < -0.3 is 10.1 Å². The van der Waals surface area contributed by atoms with Crippen molar-refractivity contribution in [2.24, 2.45) is 10.3 Å². The zero-order valence-corrected chi connectivity index (χ0v) is 16.2. The predicted octanol–water partition coefficient (Wildman–Crippen LogP) is 0.0853. The van der Waals surface area contributed by atoms with Crippen molar-refractivity contribution in [3.8, 4) is 0 Å². The number of hydrogen-bond donors (Lipinski definition) is 3. The summed E-state index contributed by atoms with van der Waals surface area (Å²) in [4.78, 5) is 23.5. The van der Waals surface area contributed by atoms with E-state index in [9.17, 15) is 26.4 Å². The number of esters is 1. The van der Waals surface area contributed by atoms with Gasteiger partial charge in [0.05, 0.1) is 15.4 Å². The Morgan fingerprint density at radius 1 is 0.964 bits per heavy atom. The zero-order valence-electron chi connectivity index (χ0n) is 14.6. The zero-order chi connectivity index (χ0) is 21.1. The Hall–Kier alpha value is -2.80. The molecule has 0 fully saturated rings. The van der Waals surface area contributed by atoms with Crippen LogP contribution in [0.4, 0.5) is 5.69 Å². The summed E-state index contributed by atoms with van der Waals surface area (Å²) in [6.07, 6.45) is 0. The van der Waals surface area contributed by atoms with Crippen LogP contribution < -0.4 is 15.6 Å². The van der Waals surface area contributed by atoms with Crippen LogP contribution in [0.3, 0.4) is 0 Å². The van der Waals surface area contributed by atoms with E-state index < -0.39 is 38.5 Å². The van der Waals surface area contributed by atoms with Gasteiger partial charge in [-0.3, -0.25) is 4.79 Å². The maximum atomic E-state index is 11.9. The summed E-state index contributed by atoms with van der Waals surface area (Å²) in [6.45, 7) is 0.905. The molecule has 0 atom stereocenters. The van der Waals surface area contributed by atoms with Crippen molar-refractivity contribution >= 4 is 37.6 Å². The Balaban J connectivity index is 2.00. The lowest BCUT2D eigenvalue weighted by molar-refractivity contribution is -0.119. The van der Waals surface area contributed by atoms with Crippen LogP contribution in [0.5, 0.6) is 0 Å². The number of amides is 1. The van der Waals surface area contributed by atoms with Crippen LogP contribution in [0.2, 0.25) is 0 Å². The molecular weight excluding hydrogens is 410 g/mol. The van der Waals surface area contributed by atoms with Gasteiger partial charge in [0, 0.05) is 5.69 Å². The number of hydrogen-bond acceptors (Lipinski definition) is 7. The second-order valence-corrected chi connectivity index (χ2v) is 8.81. The minimum Gasteiger partial charge on any atom is -0.452 e. The monoisotopic (exact) mass is 427 g/mol. The Kier molecular flexibility index (Phi) is 6.19. The van der Waals surface area contributed by atoms with Crippen molar-refractivity contribution in [2.45, 2.75) is 16.7 Å². The average Bonchev–Trinajstić information content (AvgIpc) is 2.59. The van der Waals surface area contributed by atoms with E-state index in [-0.39, 0.29) is 21.0 Å². The van der Waals surface area contributed by atoms with E-state index in [2.05, 4.69) is 5.32 Å². The van der Waals surface area contributed by atoms with Crippen molar-refractivity contribution in [1.82, 2.24) is 0 Å². The molecule has 0 spiro atoms. The first-order valence-electron chi connectivity index (χ1n) is 7.61. The largest absolute Gasteiger partial charge is 0.452 e. The molecule has 0 bridgehead atoms. The van der Waals surface area contributed by atoms with Gasteiger partial charge in [-0.1, -0.05) is 6.07 Å². The molecule has 0 aromatic heterocycles. The second kappa shape index (κ2) is 8.06. The van der Waals surface area contributed by atoms with E-state index in [1.165, 1.54) is 30.3 Å². The number of benzene rings is 2. The second-order valence-electron chi connectivity index (χ2n) is 5.72. The van der Waals surface area contributed by atoms with Crippen LogP contribution in [0.1, 0.15) is 15.9 Å². The van der Waals surface area contributed by atoms with Gasteiger partial charge in [0.25, 0.3) is 5.91 Å². The molecule has 2 aromatic rings. The van der Waals surface area contributed by atoms with Crippen LogP contribution in [0.25, 0.3) is 0 Å². The summed E-state index contributed by atoms with van der Waals surface area (Å²) in [5.74, 6) is -1.57. The third kappa shape index (κ3) is 5.60. The number of anilines is 1. The third-order valence-corrected chi connectivity index (χ3v) is 5.51. The fraction of sp³-hybridized carbons (Fsp3) is 0.125. The lowest BCUT2D eigenvalue weighted by atomic mass is 10.2. The lowest BCUT2D eigenvalue weighted by Gasteiger charge is -2.09. The van der Waals surface area contributed by atoms with Crippen molar-refractivity contribution in [3.05, 3.63) is 53.6 Å². The summed E-state index contributed by atoms with van der Waals surface area (Å²) >= 11 is 0. The van der Waals surface area contributed by atoms with E-state index in [0.717, 1.165) is 12.1 Å². The minimum absolute atomic E-state index is 0.0204. The molecule has 0 heterocycles. The number of carbonyl (C=O) groups is 2. The van der Waals surface area contributed by atoms with Crippen molar-refractivity contribution in [1.29, 1.82) is 0 Å². The summed E-state index contributed by atoms with van der Waals surface area (Å²) in [5.41, 5.74) is 0.593. The van der Waals surface area contributed by atoms with Gasteiger partial charge in [-0.15, -0.1) is 0 Å². The first kappa shape index (κ1) is 21.5. The summed E-state index contributed by atoms with van der Waals surface area (Å²) in [5, 5.41) is 12.4. The summed E-state index contributed by atoms with van der Waals surface area (Å²) in [7, 11) is -7.85. The van der Waals surface area contributed by atoms with Gasteiger partial charge in [0.15, 0.2) is 6.61 Å². The number of sulfonamides is 2. The number of ether oxygens (including phenoxy) is 1. The molecule has 0 saturated heterocycles. The van der Waals surface area contributed by atoms with Crippen LogP contribution in [0, 0.1) is 6.92 Å². The molecule has 0 saturated carbocycles. The number of primary sulfonamides is 2. The van der Waals surface area contributed by atoms with Crippen molar-refractivity contribution in [2.75, 3.05) is 11.9 Å². The molecule has 0 radical (unpaired) electrons. The van der Waals surface area contributed by atoms with Gasteiger partial charge in [0.1, 0.15) is 0 Å². The highest BCUT2D eigenvalue weighted by Gasteiger charge is 2.15. The van der Waals surface area contributed by atoms with E-state index >= 15 is 0 Å². The van der Waals surface area contributed by atoms with Crippen molar-refractivity contribution in [3.63, 3.8) is 0 Å². The minimum atomic E-state index is -3.96. The molecule has 28 heavy (non-hydrogen) atoms. The lowest BCUT2D eigenvalue weighted by Crippen LogP contribution is -2.21. The molecule has 0 aliphatic carbocycles. The number of aryl methyl sites for hydroxylation is 1. The van der Waals surface area contributed by atoms with Gasteiger partial charge in [0.2, 0.25) is 20.0 Å². The fourth-order valence-corrected chi connectivity index (χ4v) is 3.50. The molecule has 10 nitrogen and oxygen atoms in total. The fourth-order valence-electron chi connectivity index (χ4n) is 2.18. The van der Waals surface area contributed by atoms with Crippen LogP contribution >= 0.6 is 0 Å². The van der Waals surface area contributed by atoms with E-state index in [1.54, 1.807) is 6.92 Å². The predicted molar refractivity (Wildman–Crippen MR) is 99.3 cm³/mol. The molecule has 2 rings (SSSR count). The van der Waals surface area contributed by atoms with E-state index in [4.69, 9.17) is 15.0 Å². The van der Waals surface area contributed by atoms with E-state index in [1.807, 2.05) is 0 Å². The normalized spacial score (nSPS) is 11.7. The van der Waals surface area contributed by atoms with Crippen LogP contribution in [0.15, 0.2) is 52.3 Å². The van der Waals surface area contributed by atoms with Gasteiger partial charge >= 0.3 is 5.97 Å². The summed E-state index contributed by atoms with van der Waals surface area (Å²) in [6, 6.07) is 8.78. The molecule has 0 aliphatic heterocycles. The Labute approximate surface area is 161 Å². The van der Waals surface area contributed by atoms with E-state index in [0.29, 0.717) is 5.56 Å². The Morgan fingerprint density at radius 3 is 2.11 bits per heavy atom. The molecular formula is C16H17N3O7S2. The smallest absolute Gasteiger partial charge is 0.338 e.